The molecule has 1 saturated carbocycles. The minimum Gasteiger partial charge on any atom is -0.396 e. The van der Waals surface area contributed by atoms with E-state index in [-0.39, 0.29) is 0 Å². The van der Waals surface area contributed by atoms with E-state index in [1.807, 2.05) is 0 Å². The van der Waals surface area contributed by atoms with Gasteiger partial charge in [0, 0.05) is 18.6 Å². The summed E-state index contributed by atoms with van der Waals surface area (Å²) in [4.78, 5) is 2.34. The second-order valence-electron chi connectivity index (χ2n) is 5.94. The molecule has 0 aromatic carbocycles. The number of aliphatic hydroxyl groups excluding tert-OH is 1. The van der Waals surface area contributed by atoms with Crippen LogP contribution in [0.5, 0.6) is 0 Å². The van der Waals surface area contributed by atoms with Gasteiger partial charge in [-0.2, -0.15) is 0 Å². The molecule has 2 heteroatoms. The van der Waals surface area contributed by atoms with Crippen molar-refractivity contribution in [2.75, 3.05) is 20.7 Å². The van der Waals surface area contributed by atoms with Gasteiger partial charge < -0.3 is 10.0 Å². The Balaban J connectivity index is 2.71. The Morgan fingerprint density at radius 1 is 1.12 bits per heavy atom. The van der Waals surface area contributed by atoms with Crippen molar-refractivity contribution in [2.45, 2.75) is 52.0 Å². The highest BCUT2D eigenvalue weighted by molar-refractivity contribution is 4.86. The van der Waals surface area contributed by atoms with Crippen LogP contribution in [0, 0.1) is 17.8 Å². The first-order valence-electron chi connectivity index (χ1n) is 6.85. The Kier molecular flexibility index (Phi) is 5.77. The van der Waals surface area contributed by atoms with E-state index in [1.165, 1.54) is 32.1 Å². The van der Waals surface area contributed by atoms with E-state index >= 15 is 0 Å². The van der Waals surface area contributed by atoms with Crippen LogP contribution >= 0.6 is 0 Å². The van der Waals surface area contributed by atoms with Crippen molar-refractivity contribution in [1.29, 1.82) is 0 Å². The van der Waals surface area contributed by atoms with E-state index in [2.05, 4.69) is 32.8 Å². The summed E-state index contributed by atoms with van der Waals surface area (Å²) >= 11 is 0. The van der Waals surface area contributed by atoms with Gasteiger partial charge in [-0.3, -0.25) is 0 Å². The van der Waals surface area contributed by atoms with E-state index < -0.39 is 0 Å². The van der Waals surface area contributed by atoms with Crippen LogP contribution in [0.15, 0.2) is 0 Å². The Labute approximate surface area is 101 Å². The van der Waals surface area contributed by atoms with Crippen LogP contribution in [0.3, 0.4) is 0 Å². The molecule has 1 aliphatic carbocycles. The molecule has 0 aromatic rings. The number of hydrogen-bond acceptors (Lipinski definition) is 2. The van der Waals surface area contributed by atoms with Crippen molar-refractivity contribution < 1.29 is 5.11 Å². The van der Waals surface area contributed by atoms with Gasteiger partial charge >= 0.3 is 0 Å². The minimum atomic E-state index is 0.330. The minimum absolute atomic E-state index is 0.330. The Morgan fingerprint density at radius 2 is 1.69 bits per heavy atom. The molecule has 0 radical (unpaired) electrons. The van der Waals surface area contributed by atoms with Gasteiger partial charge in [-0.1, -0.05) is 33.1 Å². The van der Waals surface area contributed by atoms with Crippen molar-refractivity contribution in [1.82, 2.24) is 4.90 Å². The molecule has 1 rings (SSSR count). The summed E-state index contributed by atoms with van der Waals surface area (Å²) in [6, 6.07) is 0.560. The van der Waals surface area contributed by atoms with Gasteiger partial charge in [-0.15, -0.1) is 0 Å². The van der Waals surface area contributed by atoms with E-state index in [0.29, 0.717) is 24.5 Å². The number of rotatable bonds is 5. The molecule has 0 saturated heterocycles. The third-order valence-electron chi connectivity index (χ3n) is 4.23. The Hall–Kier alpha value is -0.0800. The maximum atomic E-state index is 9.62. The molecule has 2 unspecified atom stereocenters. The van der Waals surface area contributed by atoms with E-state index in [4.69, 9.17) is 0 Å². The lowest BCUT2D eigenvalue weighted by atomic mass is 9.75. The molecule has 2 nitrogen and oxygen atoms in total. The van der Waals surface area contributed by atoms with Crippen LogP contribution < -0.4 is 0 Å². The third kappa shape index (κ3) is 3.46. The number of aliphatic hydroxyl groups is 1. The van der Waals surface area contributed by atoms with Gasteiger partial charge in [-0.05, 0) is 38.8 Å². The smallest absolute Gasteiger partial charge is 0.0476 e. The van der Waals surface area contributed by atoms with Gasteiger partial charge in [0.2, 0.25) is 0 Å². The number of hydrogen-bond donors (Lipinski definition) is 1. The summed E-state index contributed by atoms with van der Waals surface area (Å²) in [5.74, 6) is 1.79. The highest BCUT2D eigenvalue weighted by Crippen LogP contribution is 2.34. The SMILES string of the molecule is CC(C)C(CO)C(C1CCCCC1)N(C)C. The fourth-order valence-electron chi connectivity index (χ4n) is 3.34. The molecule has 0 heterocycles. The predicted octanol–water partition coefficient (Wildman–Crippen LogP) is 2.76. The van der Waals surface area contributed by atoms with Gasteiger partial charge in [-0.25, -0.2) is 0 Å². The van der Waals surface area contributed by atoms with Crippen LogP contribution in [0.4, 0.5) is 0 Å². The summed E-state index contributed by atoms with van der Waals surface area (Å²) in [5, 5.41) is 9.62. The summed E-state index contributed by atoms with van der Waals surface area (Å²) < 4.78 is 0. The highest BCUT2D eigenvalue weighted by Gasteiger charge is 2.33. The quantitative estimate of drug-likeness (QED) is 0.780. The maximum Gasteiger partial charge on any atom is 0.0476 e. The molecule has 0 aliphatic heterocycles. The summed E-state index contributed by atoms with van der Waals surface area (Å²) in [7, 11) is 4.34. The molecule has 0 aromatic heterocycles. The van der Waals surface area contributed by atoms with Crippen LogP contribution in [-0.4, -0.2) is 36.8 Å². The molecule has 1 N–H and O–H groups in total. The normalized spacial score (nSPS) is 22.7. The van der Waals surface area contributed by atoms with E-state index in [9.17, 15) is 5.11 Å². The van der Waals surface area contributed by atoms with Gasteiger partial charge in [0.25, 0.3) is 0 Å². The molecular formula is C14H29NO. The van der Waals surface area contributed by atoms with E-state index in [1.54, 1.807) is 0 Å². The molecular weight excluding hydrogens is 198 g/mol. The second-order valence-corrected chi connectivity index (χ2v) is 5.94. The average molecular weight is 227 g/mol. The summed E-state index contributed by atoms with van der Waals surface area (Å²) in [6.07, 6.45) is 6.87. The zero-order valence-electron chi connectivity index (χ0n) is 11.4. The molecule has 0 spiro atoms. The van der Waals surface area contributed by atoms with Crippen molar-refractivity contribution in [3.8, 4) is 0 Å². The third-order valence-corrected chi connectivity index (χ3v) is 4.23. The zero-order chi connectivity index (χ0) is 12.1. The number of nitrogens with zero attached hydrogens (tertiary/aromatic N) is 1. The van der Waals surface area contributed by atoms with Crippen molar-refractivity contribution >= 4 is 0 Å². The molecule has 96 valence electrons. The molecule has 1 fully saturated rings. The second kappa shape index (κ2) is 6.61. The lowest BCUT2D eigenvalue weighted by Gasteiger charge is -2.41. The monoisotopic (exact) mass is 227 g/mol. The zero-order valence-corrected chi connectivity index (χ0v) is 11.4. The van der Waals surface area contributed by atoms with Crippen molar-refractivity contribution in [2.24, 2.45) is 17.8 Å². The van der Waals surface area contributed by atoms with Crippen molar-refractivity contribution in [3.05, 3.63) is 0 Å². The fraction of sp³-hybridized carbons (Fsp3) is 1.00. The first-order chi connectivity index (χ1) is 7.57. The lowest BCUT2D eigenvalue weighted by molar-refractivity contribution is 0.0499. The lowest BCUT2D eigenvalue weighted by Crippen LogP contribution is -2.45. The van der Waals surface area contributed by atoms with Crippen molar-refractivity contribution in [3.63, 3.8) is 0 Å². The van der Waals surface area contributed by atoms with Crippen LogP contribution in [-0.2, 0) is 0 Å². The molecule has 0 amide bonds. The van der Waals surface area contributed by atoms with Gasteiger partial charge in [0.05, 0.1) is 0 Å². The Morgan fingerprint density at radius 3 is 2.06 bits per heavy atom. The summed E-state index contributed by atoms with van der Waals surface area (Å²) in [5.41, 5.74) is 0. The molecule has 16 heavy (non-hydrogen) atoms. The highest BCUT2D eigenvalue weighted by atomic mass is 16.3. The molecule has 2 atom stereocenters. The Bertz CT molecular complexity index is 185. The largest absolute Gasteiger partial charge is 0.396 e. The van der Waals surface area contributed by atoms with E-state index in [0.717, 1.165) is 5.92 Å². The predicted molar refractivity (Wildman–Crippen MR) is 69.5 cm³/mol. The standard InChI is InChI=1S/C14H29NO/c1-11(2)13(10-16)14(15(3)4)12-8-6-5-7-9-12/h11-14,16H,5-10H2,1-4H3. The maximum absolute atomic E-state index is 9.62. The van der Waals surface area contributed by atoms with Crippen LogP contribution in [0.1, 0.15) is 46.0 Å². The first-order valence-corrected chi connectivity index (χ1v) is 6.85. The van der Waals surface area contributed by atoms with Gasteiger partial charge in [0.15, 0.2) is 0 Å². The first kappa shape index (κ1) is 14.0. The van der Waals surface area contributed by atoms with Gasteiger partial charge in [0.1, 0.15) is 0 Å². The average Bonchev–Trinajstić information content (AvgIpc) is 2.25. The molecule has 0 bridgehead atoms. The fourth-order valence-corrected chi connectivity index (χ4v) is 3.34. The van der Waals surface area contributed by atoms with Crippen LogP contribution in [0.25, 0.3) is 0 Å². The van der Waals surface area contributed by atoms with Crippen LogP contribution in [0.2, 0.25) is 0 Å². The topological polar surface area (TPSA) is 23.5 Å². The molecule has 1 aliphatic rings. The summed E-state index contributed by atoms with van der Waals surface area (Å²) in [6.45, 7) is 4.80.